The van der Waals surface area contributed by atoms with E-state index in [1.54, 1.807) is 13.8 Å². The van der Waals surface area contributed by atoms with Crippen LogP contribution in [0.4, 0.5) is 4.39 Å². The third-order valence-electron chi connectivity index (χ3n) is 2.62. The number of aliphatic hydroxyl groups excluding tert-OH is 1. The summed E-state index contributed by atoms with van der Waals surface area (Å²) in [6.07, 6.45) is -1.10. The Morgan fingerprint density at radius 3 is 2.71 bits per heavy atom. The molecular weight excluding hydrogens is 223 g/mol. The first-order chi connectivity index (χ1) is 7.99. The molecule has 2 aromatic rings. The molecule has 0 amide bonds. The summed E-state index contributed by atoms with van der Waals surface area (Å²) in [5.74, 6) is -0.988. The largest absolute Gasteiger partial charge is 0.453 e. The highest BCUT2D eigenvalue weighted by Gasteiger charge is 2.23. The number of carbonyl (C=O) groups is 1. The normalized spacial score (nSPS) is 13.2. The summed E-state index contributed by atoms with van der Waals surface area (Å²) >= 11 is 0. The maximum Gasteiger partial charge on any atom is 0.226 e. The van der Waals surface area contributed by atoms with E-state index >= 15 is 0 Å². The van der Waals surface area contributed by atoms with Crippen molar-refractivity contribution in [1.29, 1.82) is 0 Å². The van der Waals surface area contributed by atoms with E-state index in [0.717, 1.165) is 0 Å². The van der Waals surface area contributed by atoms with Gasteiger partial charge in [0.05, 0.1) is 0 Å². The van der Waals surface area contributed by atoms with Crippen molar-refractivity contribution in [3.05, 3.63) is 35.8 Å². The second-order valence-electron chi connectivity index (χ2n) is 4.35. The molecule has 0 fully saturated rings. The minimum absolute atomic E-state index is 0.0619. The van der Waals surface area contributed by atoms with Gasteiger partial charge in [-0.25, -0.2) is 4.39 Å². The van der Waals surface area contributed by atoms with Gasteiger partial charge in [-0.05, 0) is 30.2 Å². The fraction of sp³-hybridized carbons (Fsp3) is 0.308. The number of hydrogen-bond donors (Lipinski definition) is 1. The molecule has 0 bridgehead atoms. The van der Waals surface area contributed by atoms with E-state index < -0.39 is 11.9 Å². The summed E-state index contributed by atoms with van der Waals surface area (Å²) < 4.78 is 18.2. The summed E-state index contributed by atoms with van der Waals surface area (Å²) in [5, 5.41) is 10.2. The van der Waals surface area contributed by atoms with Crippen LogP contribution in [0.5, 0.6) is 0 Å². The van der Waals surface area contributed by atoms with Crippen LogP contribution in [0, 0.1) is 11.7 Å². The Hall–Kier alpha value is -1.68. The summed E-state index contributed by atoms with van der Waals surface area (Å²) in [6, 6.07) is 5.46. The SMILES string of the molecule is CC(C)C(O)C(=O)c1cc2cc(F)ccc2o1. The molecule has 1 heterocycles. The van der Waals surface area contributed by atoms with E-state index in [-0.39, 0.29) is 17.5 Å². The Bertz CT molecular complexity index is 557. The average molecular weight is 236 g/mol. The van der Waals surface area contributed by atoms with Gasteiger partial charge in [0.25, 0.3) is 0 Å². The molecule has 1 aromatic carbocycles. The quantitative estimate of drug-likeness (QED) is 0.833. The van der Waals surface area contributed by atoms with Crippen molar-refractivity contribution >= 4 is 16.8 Å². The summed E-state index contributed by atoms with van der Waals surface area (Å²) in [5.41, 5.74) is 0.436. The standard InChI is InChI=1S/C13H13FO3/c1-7(2)12(15)13(16)11-6-8-5-9(14)3-4-10(8)17-11/h3-7,12,15H,1-2H3. The zero-order valence-electron chi connectivity index (χ0n) is 9.61. The number of halogens is 1. The molecule has 1 aromatic heterocycles. The van der Waals surface area contributed by atoms with Gasteiger partial charge in [-0.2, -0.15) is 0 Å². The molecular formula is C13H13FO3. The summed E-state index contributed by atoms with van der Waals surface area (Å²) in [6.45, 7) is 3.48. The van der Waals surface area contributed by atoms with Gasteiger partial charge in [0.15, 0.2) is 5.76 Å². The molecule has 0 aliphatic rings. The van der Waals surface area contributed by atoms with Crippen LogP contribution in [-0.4, -0.2) is 17.0 Å². The van der Waals surface area contributed by atoms with E-state index in [9.17, 15) is 14.3 Å². The number of hydrogen-bond acceptors (Lipinski definition) is 3. The van der Waals surface area contributed by atoms with Crippen LogP contribution in [-0.2, 0) is 0 Å². The number of fused-ring (bicyclic) bond motifs is 1. The first-order valence-electron chi connectivity index (χ1n) is 5.40. The number of rotatable bonds is 3. The van der Waals surface area contributed by atoms with Gasteiger partial charge >= 0.3 is 0 Å². The van der Waals surface area contributed by atoms with Crippen LogP contribution in [0.1, 0.15) is 24.4 Å². The lowest BCUT2D eigenvalue weighted by Gasteiger charge is -2.10. The van der Waals surface area contributed by atoms with Gasteiger partial charge in [0, 0.05) is 5.39 Å². The Labute approximate surface area is 97.9 Å². The molecule has 0 saturated heterocycles. The van der Waals surface area contributed by atoms with Crippen molar-refractivity contribution in [2.75, 3.05) is 0 Å². The van der Waals surface area contributed by atoms with E-state index in [2.05, 4.69) is 0 Å². The fourth-order valence-electron chi connectivity index (χ4n) is 1.58. The minimum Gasteiger partial charge on any atom is -0.453 e. The van der Waals surface area contributed by atoms with Gasteiger partial charge in [-0.1, -0.05) is 13.8 Å². The molecule has 90 valence electrons. The van der Waals surface area contributed by atoms with Gasteiger partial charge < -0.3 is 9.52 Å². The second-order valence-corrected chi connectivity index (χ2v) is 4.35. The lowest BCUT2D eigenvalue weighted by atomic mass is 10.0. The molecule has 0 spiro atoms. The maximum atomic E-state index is 13.0. The molecule has 2 rings (SSSR count). The summed E-state index contributed by atoms with van der Waals surface area (Å²) in [7, 11) is 0. The van der Waals surface area contributed by atoms with E-state index in [0.29, 0.717) is 11.0 Å². The number of carbonyl (C=O) groups excluding carboxylic acids is 1. The number of aliphatic hydroxyl groups is 1. The zero-order chi connectivity index (χ0) is 12.6. The van der Waals surface area contributed by atoms with Crippen molar-refractivity contribution in [1.82, 2.24) is 0 Å². The lowest BCUT2D eigenvalue weighted by Crippen LogP contribution is -2.25. The second kappa shape index (κ2) is 4.30. The van der Waals surface area contributed by atoms with Crippen LogP contribution >= 0.6 is 0 Å². The highest BCUT2D eigenvalue weighted by molar-refractivity contribution is 6.00. The number of furan rings is 1. The van der Waals surface area contributed by atoms with Crippen molar-refractivity contribution in [2.45, 2.75) is 20.0 Å². The van der Waals surface area contributed by atoms with Crippen LogP contribution in [0.2, 0.25) is 0 Å². The predicted molar refractivity (Wildman–Crippen MR) is 61.3 cm³/mol. The molecule has 1 N–H and O–H groups in total. The fourth-order valence-corrected chi connectivity index (χ4v) is 1.58. The number of Topliss-reactive ketones (excluding diaryl/α,β-unsaturated/α-hetero) is 1. The van der Waals surface area contributed by atoms with Gasteiger partial charge in [0.1, 0.15) is 17.5 Å². The van der Waals surface area contributed by atoms with Crippen molar-refractivity contribution in [2.24, 2.45) is 5.92 Å². The molecule has 17 heavy (non-hydrogen) atoms. The molecule has 0 aliphatic carbocycles. The molecule has 1 atom stereocenters. The van der Waals surface area contributed by atoms with Crippen molar-refractivity contribution in [3.63, 3.8) is 0 Å². The Morgan fingerprint density at radius 1 is 1.35 bits per heavy atom. The van der Waals surface area contributed by atoms with E-state index in [1.807, 2.05) is 0 Å². The number of benzene rings is 1. The Morgan fingerprint density at radius 2 is 2.06 bits per heavy atom. The number of ketones is 1. The first kappa shape index (κ1) is 11.8. The highest BCUT2D eigenvalue weighted by Crippen LogP contribution is 2.22. The van der Waals surface area contributed by atoms with Crippen molar-refractivity contribution < 1.29 is 18.7 Å². The molecule has 4 heteroatoms. The third-order valence-corrected chi connectivity index (χ3v) is 2.62. The topological polar surface area (TPSA) is 50.4 Å². The first-order valence-corrected chi connectivity index (χ1v) is 5.40. The van der Waals surface area contributed by atoms with Gasteiger partial charge in [-0.3, -0.25) is 4.79 Å². The van der Waals surface area contributed by atoms with Crippen molar-refractivity contribution in [3.8, 4) is 0 Å². The Kier molecular flexibility index (Phi) is 2.98. The summed E-state index contributed by atoms with van der Waals surface area (Å²) in [4.78, 5) is 11.8. The highest BCUT2D eigenvalue weighted by atomic mass is 19.1. The molecule has 3 nitrogen and oxygen atoms in total. The lowest BCUT2D eigenvalue weighted by molar-refractivity contribution is 0.0621. The van der Waals surface area contributed by atoms with Gasteiger partial charge in [0.2, 0.25) is 5.78 Å². The molecule has 0 saturated carbocycles. The minimum atomic E-state index is -1.10. The van der Waals surface area contributed by atoms with Crippen LogP contribution < -0.4 is 0 Å². The molecule has 0 aliphatic heterocycles. The van der Waals surface area contributed by atoms with E-state index in [4.69, 9.17) is 4.42 Å². The monoisotopic (exact) mass is 236 g/mol. The predicted octanol–water partition coefficient (Wildman–Crippen LogP) is 2.77. The van der Waals surface area contributed by atoms with Crippen LogP contribution in [0.15, 0.2) is 28.7 Å². The van der Waals surface area contributed by atoms with Crippen LogP contribution in [0.25, 0.3) is 11.0 Å². The smallest absolute Gasteiger partial charge is 0.226 e. The Balaban J connectivity index is 2.40. The van der Waals surface area contributed by atoms with E-state index in [1.165, 1.54) is 24.3 Å². The molecule has 1 unspecified atom stereocenters. The third kappa shape index (κ3) is 2.22. The maximum absolute atomic E-state index is 13.0. The van der Waals surface area contributed by atoms with Crippen LogP contribution in [0.3, 0.4) is 0 Å². The average Bonchev–Trinajstić information content (AvgIpc) is 2.69. The van der Waals surface area contributed by atoms with Gasteiger partial charge in [-0.15, -0.1) is 0 Å². The zero-order valence-corrected chi connectivity index (χ0v) is 9.61. The molecule has 0 radical (unpaired) electrons.